The third-order valence-electron chi connectivity index (χ3n) is 2.92. The normalized spacial score (nSPS) is 26.4. The van der Waals surface area contributed by atoms with Crippen LogP contribution < -0.4 is 5.32 Å². The molecule has 2 unspecified atom stereocenters. The van der Waals surface area contributed by atoms with Crippen molar-refractivity contribution < 1.29 is 12.8 Å². The first-order valence-corrected chi connectivity index (χ1v) is 7.39. The molecule has 0 spiro atoms. The summed E-state index contributed by atoms with van der Waals surface area (Å²) in [6.45, 7) is 1.99. The summed E-state index contributed by atoms with van der Waals surface area (Å²) < 4.78 is 28.2. The molecular formula is C11H17NO3S. The first-order chi connectivity index (χ1) is 7.57. The zero-order valence-electron chi connectivity index (χ0n) is 9.35. The van der Waals surface area contributed by atoms with Gasteiger partial charge in [-0.25, -0.2) is 8.42 Å². The maximum absolute atomic E-state index is 11.5. The molecule has 0 amide bonds. The van der Waals surface area contributed by atoms with Gasteiger partial charge in [0.05, 0.1) is 23.8 Å². The monoisotopic (exact) mass is 243 g/mol. The summed E-state index contributed by atoms with van der Waals surface area (Å²) in [6.07, 6.45) is 3.31. The van der Waals surface area contributed by atoms with Crippen molar-refractivity contribution in [3.05, 3.63) is 24.2 Å². The van der Waals surface area contributed by atoms with Crippen LogP contribution in [-0.2, 0) is 9.84 Å². The number of nitrogens with one attached hydrogen (secondary N) is 1. The number of sulfone groups is 1. The number of hydrogen-bond donors (Lipinski definition) is 1. The minimum Gasteiger partial charge on any atom is -0.468 e. The van der Waals surface area contributed by atoms with Crippen molar-refractivity contribution in [3.8, 4) is 0 Å². The Hall–Kier alpha value is -0.810. The van der Waals surface area contributed by atoms with E-state index < -0.39 is 9.84 Å². The van der Waals surface area contributed by atoms with Crippen LogP contribution in [0, 0.1) is 0 Å². The Morgan fingerprint density at radius 2 is 2.38 bits per heavy atom. The summed E-state index contributed by atoms with van der Waals surface area (Å²) in [6, 6.07) is 3.85. The van der Waals surface area contributed by atoms with Gasteiger partial charge in [0.25, 0.3) is 0 Å². The Morgan fingerprint density at radius 3 is 3.00 bits per heavy atom. The van der Waals surface area contributed by atoms with Crippen LogP contribution in [0.2, 0.25) is 0 Å². The highest BCUT2D eigenvalue weighted by Crippen LogP contribution is 2.18. The second-order valence-electron chi connectivity index (χ2n) is 4.36. The van der Waals surface area contributed by atoms with Gasteiger partial charge < -0.3 is 9.73 Å². The molecule has 0 aromatic carbocycles. The van der Waals surface area contributed by atoms with Gasteiger partial charge in [-0.15, -0.1) is 0 Å². The maximum Gasteiger partial charge on any atom is 0.151 e. The van der Waals surface area contributed by atoms with Crippen LogP contribution in [0.15, 0.2) is 22.8 Å². The van der Waals surface area contributed by atoms with E-state index in [1.165, 1.54) is 0 Å². The van der Waals surface area contributed by atoms with Crippen LogP contribution in [-0.4, -0.2) is 26.0 Å². The summed E-state index contributed by atoms with van der Waals surface area (Å²) in [5.41, 5.74) is 0. The summed E-state index contributed by atoms with van der Waals surface area (Å²) in [7, 11) is -2.84. The summed E-state index contributed by atoms with van der Waals surface area (Å²) >= 11 is 0. The predicted molar refractivity (Wildman–Crippen MR) is 61.9 cm³/mol. The highest BCUT2D eigenvalue weighted by molar-refractivity contribution is 7.91. The molecule has 1 fully saturated rings. The summed E-state index contributed by atoms with van der Waals surface area (Å²) in [5.74, 6) is 1.43. The molecule has 1 aromatic rings. The van der Waals surface area contributed by atoms with E-state index in [1.807, 2.05) is 19.1 Å². The molecule has 0 saturated carbocycles. The molecule has 1 saturated heterocycles. The van der Waals surface area contributed by atoms with Crippen LogP contribution in [0.4, 0.5) is 0 Å². The fraction of sp³-hybridized carbons (Fsp3) is 0.636. The van der Waals surface area contributed by atoms with E-state index >= 15 is 0 Å². The maximum atomic E-state index is 11.5. The van der Waals surface area contributed by atoms with Crippen LogP contribution in [0.3, 0.4) is 0 Å². The predicted octanol–water partition coefficient (Wildman–Crippen LogP) is 1.51. The van der Waals surface area contributed by atoms with Gasteiger partial charge in [0.2, 0.25) is 0 Å². The Balaban J connectivity index is 1.95. The molecule has 0 bridgehead atoms. The highest BCUT2D eigenvalue weighted by Gasteiger charge is 2.26. The molecule has 0 radical (unpaired) electrons. The van der Waals surface area contributed by atoms with E-state index in [-0.39, 0.29) is 17.8 Å². The molecule has 2 atom stereocenters. The van der Waals surface area contributed by atoms with Gasteiger partial charge in [-0.2, -0.15) is 0 Å². The van der Waals surface area contributed by atoms with Gasteiger partial charge in [-0.3, -0.25) is 0 Å². The molecule has 2 rings (SSSR count). The smallest absolute Gasteiger partial charge is 0.151 e. The van der Waals surface area contributed by atoms with E-state index in [1.54, 1.807) is 6.26 Å². The first-order valence-electron chi connectivity index (χ1n) is 5.57. The van der Waals surface area contributed by atoms with Crippen LogP contribution in [0.25, 0.3) is 0 Å². The summed E-state index contributed by atoms with van der Waals surface area (Å²) in [5, 5.41) is 3.30. The second-order valence-corrected chi connectivity index (χ2v) is 6.59. The lowest BCUT2D eigenvalue weighted by Gasteiger charge is -2.25. The van der Waals surface area contributed by atoms with E-state index in [9.17, 15) is 8.42 Å². The zero-order chi connectivity index (χ0) is 11.6. The van der Waals surface area contributed by atoms with Crippen molar-refractivity contribution in [2.75, 3.05) is 11.5 Å². The Bertz CT molecular complexity index is 424. The lowest BCUT2D eigenvalue weighted by Crippen LogP contribution is -2.41. The molecule has 2 heterocycles. The second kappa shape index (κ2) is 4.59. The van der Waals surface area contributed by atoms with Crippen LogP contribution in [0.1, 0.15) is 31.6 Å². The van der Waals surface area contributed by atoms with Crippen molar-refractivity contribution in [1.29, 1.82) is 0 Å². The minimum atomic E-state index is -2.84. The Labute approximate surface area is 95.9 Å². The third kappa shape index (κ3) is 2.86. The minimum absolute atomic E-state index is 0.0545. The topological polar surface area (TPSA) is 59.3 Å². The molecular weight excluding hydrogens is 226 g/mol. The molecule has 16 heavy (non-hydrogen) atoms. The average molecular weight is 243 g/mol. The molecule has 1 aromatic heterocycles. The lowest BCUT2D eigenvalue weighted by molar-refractivity contribution is 0.382. The van der Waals surface area contributed by atoms with Gasteiger partial charge in [0.1, 0.15) is 5.76 Å². The Kier molecular flexibility index (Phi) is 3.35. The zero-order valence-corrected chi connectivity index (χ0v) is 10.2. The van der Waals surface area contributed by atoms with Crippen LogP contribution in [0.5, 0.6) is 0 Å². The molecule has 5 heteroatoms. The average Bonchev–Trinajstić information content (AvgIpc) is 2.68. The lowest BCUT2D eigenvalue weighted by atomic mass is 10.1. The standard InChI is InChI=1S/C11H17NO3S/c1-9(11-5-2-6-15-11)12-10-4-3-7-16(13,14)8-10/h2,5-6,9-10,12H,3-4,7-8H2,1H3. The summed E-state index contributed by atoms with van der Waals surface area (Å²) in [4.78, 5) is 0. The SMILES string of the molecule is CC(NC1CCCS(=O)(=O)C1)c1ccco1. The van der Waals surface area contributed by atoms with Crippen LogP contribution >= 0.6 is 0 Å². The van der Waals surface area contributed by atoms with Gasteiger partial charge in [0.15, 0.2) is 9.84 Å². The molecule has 0 aliphatic carbocycles. The highest BCUT2D eigenvalue weighted by atomic mass is 32.2. The molecule has 90 valence electrons. The van der Waals surface area contributed by atoms with Crippen molar-refractivity contribution in [2.45, 2.75) is 31.8 Å². The van der Waals surface area contributed by atoms with Crippen molar-refractivity contribution >= 4 is 9.84 Å². The van der Waals surface area contributed by atoms with E-state index in [0.29, 0.717) is 5.75 Å². The molecule has 4 nitrogen and oxygen atoms in total. The van der Waals surface area contributed by atoms with Gasteiger partial charge in [0, 0.05) is 6.04 Å². The first kappa shape index (κ1) is 11.7. The quantitative estimate of drug-likeness (QED) is 0.874. The number of furan rings is 1. The van der Waals surface area contributed by atoms with Gasteiger partial charge >= 0.3 is 0 Å². The fourth-order valence-corrected chi connectivity index (χ4v) is 3.78. The largest absolute Gasteiger partial charge is 0.468 e. The van der Waals surface area contributed by atoms with E-state index in [0.717, 1.165) is 18.6 Å². The molecule has 1 N–H and O–H groups in total. The molecule has 1 aliphatic heterocycles. The van der Waals surface area contributed by atoms with Crippen molar-refractivity contribution in [2.24, 2.45) is 0 Å². The fourth-order valence-electron chi connectivity index (χ4n) is 2.13. The van der Waals surface area contributed by atoms with Gasteiger partial charge in [-0.1, -0.05) is 0 Å². The Morgan fingerprint density at radius 1 is 1.56 bits per heavy atom. The number of rotatable bonds is 3. The number of hydrogen-bond acceptors (Lipinski definition) is 4. The van der Waals surface area contributed by atoms with E-state index in [2.05, 4.69) is 5.32 Å². The van der Waals surface area contributed by atoms with Crippen molar-refractivity contribution in [1.82, 2.24) is 5.32 Å². The van der Waals surface area contributed by atoms with Crippen molar-refractivity contribution in [3.63, 3.8) is 0 Å². The third-order valence-corrected chi connectivity index (χ3v) is 4.74. The van der Waals surface area contributed by atoms with E-state index in [4.69, 9.17) is 4.42 Å². The molecule has 1 aliphatic rings. The van der Waals surface area contributed by atoms with Gasteiger partial charge in [-0.05, 0) is 31.9 Å².